The second kappa shape index (κ2) is 5.88. The fourth-order valence-corrected chi connectivity index (χ4v) is 2.53. The first kappa shape index (κ1) is 17.2. The summed E-state index contributed by atoms with van der Waals surface area (Å²) in [6.07, 6.45) is 0.470. The van der Waals surface area contributed by atoms with Gasteiger partial charge in [0.2, 0.25) is 0 Å². The number of benzene rings is 1. The van der Waals surface area contributed by atoms with Gasteiger partial charge in [0.05, 0.1) is 0 Å². The van der Waals surface area contributed by atoms with Crippen molar-refractivity contribution < 1.29 is 9.90 Å². The highest BCUT2D eigenvalue weighted by Crippen LogP contribution is 2.39. The molecule has 0 radical (unpaired) electrons. The van der Waals surface area contributed by atoms with Crippen molar-refractivity contribution in [1.29, 1.82) is 0 Å². The van der Waals surface area contributed by atoms with Gasteiger partial charge in [-0.25, -0.2) is 0 Å². The molecule has 0 unspecified atom stereocenters. The standard InChI is InChI=1S/C17H25BrO2/c1-16(2,3)12-9-11(14(19)7-8-18)10-13(15(12)20)17(4,5)6/h9-10,20H,7-8H2,1-6H3. The molecule has 0 spiro atoms. The molecule has 1 aromatic carbocycles. The number of alkyl halides is 1. The summed E-state index contributed by atoms with van der Waals surface area (Å²) < 4.78 is 0. The summed E-state index contributed by atoms with van der Waals surface area (Å²) in [5, 5.41) is 11.2. The zero-order chi connectivity index (χ0) is 15.7. The fourth-order valence-electron chi connectivity index (χ4n) is 2.17. The van der Waals surface area contributed by atoms with E-state index in [0.29, 0.717) is 23.1 Å². The molecule has 20 heavy (non-hydrogen) atoms. The third-order valence-electron chi connectivity index (χ3n) is 3.37. The fraction of sp³-hybridized carbons (Fsp3) is 0.588. The molecule has 0 aliphatic heterocycles. The molecule has 0 heterocycles. The van der Waals surface area contributed by atoms with E-state index < -0.39 is 0 Å². The van der Waals surface area contributed by atoms with E-state index in [0.717, 1.165) is 11.1 Å². The maximum Gasteiger partial charge on any atom is 0.163 e. The number of hydrogen-bond donors (Lipinski definition) is 1. The van der Waals surface area contributed by atoms with Crippen molar-refractivity contribution in [3.63, 3.8) is 0 Å². The van der Waals surface area contributed by atoms with Crippen molar-refractivity contribution in [3.05, 3.63) is 28.8 Å². The van der Waals surface area contributed by atoms with Crippen LogP contribution in [0.4, 0.5) is 0 Å². The van der Waals surface area contributed by atoms with E-state index in [2.05, 4.69) is 15.9 Å². The Morgan fingerprint density at radius 3 is 1.75 bits per heavy atom. The van der Waals surface area contributed by atoms with E-state index >= 15 is 0 Å². The molecule has 0 aromatic heterocycles. The summed E-state index contributed by atoms with van der Waals surface area (Å²) in [6.45, 7) is 12.3. The Bertz CT molecular complexity index is 470. The molecule has 0 aliphatic rings. The van der Waals surface area contributed by atoms with E-state index in [1.165, 1.54) is 0 Å². The monoisotopic (exact) mass is 340 g/mol. The van der Waals surface area contributed by atoms with Crippen molar-refractivity contribution in [2.75, 3.05) is 5.33 Å². The highest BCUT2D eigenvalue weighted by molar-refractivity contribution is 9.09. The first-order valence-electron chi connectivity index (χ1n) is 6.95. The molecule has 1 rings (SSSR count). The number of rotatable bonds is 3. The van der Waals surface area contributed by atoms with Crippen molar-refractivity contribution in [2.45, 2.75) is 58.8 Å². The Balaban J connectivity index is 3.55. The summed E-state index contributed by atoms with van der Waals surface area (Å²) in [7, 11) is 0. The Labute approximate surface area is 130 Å². The van der Waals surface area contributed by atoms with Gasteiger partial charge in [0.15, 0.2) is 5.78 Å². The molecule has 0 amide bonds. The molecule has 0 saturated heterocycles. The van der Waals surface area contributed by atoms with Crippen molar-refractivity contribution in [2.24, 2.45) is 0 Å². The van der Waals surface area contributed by atoms with Gasteiger partial charge >= 0.3 is 0 Å². The van der Waals surface area contributed by atoms with E-state index in [1.54, 1.807) is 0 Å². The second-order valence-corrected chi connectivity index (χ2v) is 8.08. The van der Waals surface area contributed by atoms with Crippen LogP contribution in [0.1, 0.15) is 69.4 Å². The van der Waals surface area contributed by atoms with Gasteiger partial charge in [-0.3, -0.25) is 4.79 Å². The van der Waals surface area contributed by atoms with Gasteiger partial charge in [0, 0.05) is 28.4 Å². The molecule has 3 heteroatoms. The normalized spacial score (nSPS) is 12.6. The highest BCUT2D eigenvalue weighted by atomic mass is 79.9. The summed E-state index contributed by atoms with van der Waals surface area (Å²) in [6, 6.07) is 3.69. The lowest BCUT2D eigenvalue weighted by atomic mass is 9.78. The van der Waals surface area contributed by atoms with Crippen LogP contribution in [0, 0.1) is 0 Å². The Morgan fingerprint density at radius 2 is 1.45 bits per heavy atom. The van der Waals surface area contributed by atoms with Gasteiger partial charge in [-0.05, 0) is 23.0 Å². The number of Topliss-reactive ketones (excluding diaryl/α,β-unsaturated/α-hetero) is 1. The summed E-state index contributed by atoms with van der Waals surface area (Å²) in [5.74, 6) is 0.429. The lowest BCUT2D eigenvalue weighted by molar-refractivity contribution is 0.0989. The van der Waals surface area contributed by atoms with Crippen LogP contribution in [0.25, 0.3) is 0 Å². The Hall–Kier alpha value is -0.830. The molecule has 1 aromatic rings. The summed E-state index contributed by atoms with van der Waals surface area (Å²) >= 11 is 3.31. The van der Waals surface area contributed by atoms with Gasteiger partial charge in [-0.2, -0.15) is 0 Å². The number of ketones is 1. The van der Waals surface area contributed by atoms with Crippen LogP contribution in [0.3, 0.4) is 0 Å². The van der Waals surface area contributed by atoms with Crippen LogP contribution in [0.2, 0.25) is 0 Å². The van der Waals surface area contributed by atoms with E-state index in [4.69, 9.17) is 0 Å². The first-order chi connectivity index (χ1) is 8.98. The van der Waals surface area contributed by atoms with Gasteiger partial charge in [-0.15, -0.1) is 0 Å². The van der Waals surface area contributed by atoms with E-state index in [1.807, 2.05) is 53.7 Å². The molecule has 0 atom stereocenters. The maximum atomic E-state index is 12.2. The van der Waals surface area contributed by atoms with Crippen LogP contribution < -0.4 is 0 Å². The Kier molecular flexibility index (Phi) is 5.07. The molecule has 1 N–H and O–H groups in total. The molecule has 112 valence electrons. The summed E-state index contributed by atoms with van der Waals surface area (Å²) in [4.78, 5) is 12.2. The lowest BCUT2D eigenvalue weighted by Crippen LogP contribution is -2.19. The number of carbonyl (C=O) groups excluding carboxylic acids is 1. The van der Waals surface area contributed by atoms with Crippen LogP contribution >= 0.6 is 15.9 Å². The maximum absolute atomic E-state index is 12.2. The van der Waals surface area contributed by atoms with Crippen molar-refractivity contribution >= 4 is 21.7 Å². The molecular weight excluding hydrogens is 316 g/mol. The molecule has 0 saturated carbocycles. The largest absolute Gasteiger partial charge is 0.507 e. The van der Waals surface area contributed by atoms with Gasteiger partial charge < -0.3 is 5.11 Å². The van der Waals surface area contributed by atoms with Gasteiger partial charge in [-0.1, -0.05) is 57.5 Å². The number of phenolic OH excluding ortho intramolecular Hbond substituents is 1. The predicted molar refractivity (Wildman–Crippen MR) is 88.2 cm³/mol. The summed E-state index contributed by atoms with van der Waals surface area (Å²) in [5.41, 5.74) is 1.96. The molecule has 0 aliphatic carbocycles. The SMILES string of the molecule is CC(C)(C)c1cc(C(=O)CCBr)cc(C(C)(C)C)c1O. The highest BCUT2D eigenvalue weighted by Gasteiger charge is 2.27. The average Bonchev–Trinajstić information content (AvgIpc) is 2.26. The third-order valence-corrected chi connectivity index (χ3v) is 3.77. The topological polar surface area (TPSA) is 37.3 Å². The molecule has 0 bridgehead atoms. The molecular formula is C17H25BrO2. The number of carbonyl (C=O) groups is 1. The van der Waals surface area contributed by atoms with Gasteiger partial charge in [0.25, 0.3) is 0 Å². The minimum atomic E-state index is -0.200. The van der Waals surface area contributed by atoms with Crippen LogP contribution in [-0.4, -0.2) is 16.2 Å². The lowest BCUT2D eigenvalue weighted by Gasteiger charge is -2.28. The quantitative estimate of drug-likeness (QED) is 0.623. The first-order valence-corrected chi connectivity index (χ1v) is 8.07. The van der Waals surface area contributed by atoms with Gasteiger partial charge in [0.1, 0.15) is 5.75 Å². The van der Waals surface area contributed by atoms with E-state index in [9.17, 15) is 9.90 Å². The number of hydrogen-bond acceptors (Lipinski definition) is 2. The second-order valence-electron chi connectivity index (χ2n) is 7.28. The molecule has 2 nitrogen and oxygen atoms in total. The Morgan fingerprint density at radius 1 is 1.05 bits per heavy atom. The number of phenols is 1. The van der Waals surface area contributed by atoms with Crippen LogP contribution in [0.5, 0.6) is 5.75 Å². The minimum absolute atomic E-state index is 0.109. The molecule has 0 fully saturated rings. The van der Waals surface area contributed by atoms with E-state index in [-0.39, 0.29) is 16.6 Å². The van der Waals surface area contributed by atoms with Crippen LogP contribution in [0.15, 0.2) is 12.1 Å². The minimum Gasteiger partial charge on any atom is -0.507 e. The van der Waals surface area contributed by atoms with Crippen LogP contribution in [-0.2, 0) is 10.8 Å². The zero-order valence-corrected chi connectivity index (χ0v) is 14.9. The smallest absolute Gasteiger partial charge is 0.163 e. The van der Waals surface area contributed by atoms with Crippen molar-refractivity contribution in [3.8, 4) is 5.75 Å². The zero-order valence-electron chi connectivity index (χ0n) is 13.3. The number of aromatic hydroxyl groups is 1. The average molecular weight is 341 g/mol. The van der Waals surface area contributed by atoms with Crippen molar-refractivity contribution in [1.82, 2.24) is 0 Å². The number of halogens is 1. The predicted octanol–water partition coefficient (Wildman–Crippen LogP) is 4.95. The third kappa shape index (κ3) is 3.85.